The number of nitrogens with zero attached hydrogens (tertiary/aromatic N) is 2. The van der Waals surface area contributed by atoms with Gasteiger partial charge in [0.25, 0.3) is 0 Å². The van der Waals surface area contributed by atoms with Gasteiger partial charge in [-0.25, -0.2) is 0 Å². The van der Waals surface area contributed by atoms with Crippen molar-refractivity contribution < 1.29 is 9.47 Å². The summed E-state index contributed by atoms with van der Waals surface area (Å²) in [5.41, 5.74) is 0. The molecule has 2 saturated heterocycles. The largest absolute Gasteiger partial charge is 0.489 e. The maximum Gasteiger partial charge on any atom is 0.137 e. The molecule has 0 bridgehead atoms. The Morgan fingerprint density at radius 3 is 2.89 bits per heavy atom. The lowest BCUT2D eigenvalue weighted by Gasteiger charge is -2.33. The average Bonchev–Trinajstić information content (AvgIpc) is 2.95. The zero-order valence-corrected chi connectivity index (χ0v) is 11.3. The Hall–Kier alpha value is -1.13. The topological polar surface area (TPSA) is 34.6 Å². The monoisotopic (exact) mass is 262 g/mol. The summed E-state index contributed by atoms with van der Waals surface area (Å²) in [5, 5.41) is 0. The van der Waals surface area contributed by atoms with Gasteiger partial charge in [0, 0.05) is 32.4 Å². The summed E-state index contributed by atoms with van der Waals surface area (Å²) in [6.07, 6.45) is 7.37. The first-order valence-electron chi connectivity index (χ1n) is 7.27. The predicted molar refractivity (Wildman–Crippen MR) is 73.3 cm³/mol. The van der Waals surface area contributed by atoms with Crippen molar-refractivity contribution in [2.45, 2.75) is 25.4 Å². The van der Waals surface area contributed by atoms with Crippen LogP contribution in [-0.4, -0.2) is 48.8 Å². The molecule has 4 heteroatoms. The van der Waals surface area contributed by atoms with Crippen molar-refractivity contribution in [2.75, 3.05) is 32.8 Å². The lowest BCUT2D eigenvalue weighted by molar-refractivity contribution is 0.0878. The van der Waals surface area contributed by atoms with Gasteiger partial charge in [0.2, 0.25) is 0 Å². The van der Waals surface area contributed by atoms with Crippen LogP contribution in [0.25, 0.3) is 0 Å². The molecule has 1 atom stereocenters. The van der Waals surface area contributed by atoms with Crippen molar-refractivity contribution in [3.63, 3.8) is 0 Å². The lowest BCUT2D eigenvalue weighted by Crippen LogP contribution is -2.40. The first kappa shape index (κ1) is 12.9. The van der Waals surface area contributed by atoms with Crippen LogP contribution < -0.4 is 4.74 Å². The quantitative estimate of drug-likeness (QED) is 0.831. The number of ether oxygens (including phenoxy) is 2. The minimum Gasteiger partial charge on any atom is -0.489 e. The molecule has 0 saturated carbocycles. The van der Waals surface area contributed by atoms with E-state index in [-0.39, 0.29) is 0 Å². The van der Waals surface area contributed by atoms with E-state index in [1.807, 2.05) is 12.1 Å². The van der Waals surface area contributed by atoms with Gasteiger partial charge in [0.05, 0.1) is 12.8 Å². The van der Waals surface area contributed by atoms with Crippen LogP contribution in [0.2, 0.25) is 0 Å². The fourth-order valence-corrected chi connectivity index (χ4v) is 2.91. The van der Waals surface area contributed by atoms with E-state index >= 15 is 0 Å². The Bertz CT molecular complexity index is 371. The fourth-order valence-electron chi connectivity index (χ4n) is 2.91. The van der Waals surface area contributed by atoms with Crippen molar-refractivity contribution >= 4 is 0 Å². The molecular weight excluding hydrogens is 240 g/mol. The molecule has 2 aliphatic rings. The van der Waals surface area contributed by atoms with Crippen LogP contribution in [0.3, 0.4) is 0 Å². The van der Waals surface area contributed by atoms with E-state index in [0.717, 1.165) is 50.8 Å². The Balaban J connectivity index is 1.41. The highest BCUT2D eigenvalue weighted by atomic mass is 16.5. The van der Waals surface area contributed by atoms with Crippen molar-refractivity contribution in [3.05, 3.63) is 24.5 Å². The second-order valence-corrected chi connectivity index (χ2v) is 5.54. The van der Waals surface area contributed by atoms with Crippen LogP contribution in [0.1, 0.15) is 19.3 Å². The zero-order chi connectivity index (χ0) is 12.9. The van der Waals surface area contributed by atoms with Crippen molar-refractivity contribution in [2.24, 2.45) is 5.92 Å². The van der Waals surface area contributed by atoms with Gasteiger partial charge in [-0.15, -0.1) is 0 Å². The van der Waals surface area contributed by atoms with Crippen LogP contribution in [-0.2, 0) is 4.74 Å². The van der Waals surface area contributed by atoms with Gasteiger partial charge < -0.3 is 14.4 Å². The van der Waals surface area contributed by atoms with Crippen LogP contribution in [0.5, 0.6) is 5.75 Å². The zero-order valence-electron chi connectivity index (χ0n) is 11.3. The lowest BCUT2D eigenvalue weighted by atomic mass is 10.0. The van der Waals surface area contributed by atoms with Gasteiger partial charge in [0.1, 0.15) is 11.9 Å². The summed E-state index contributed by atoms with van der Waals surface area (Å²) in [7, 11) is 0. The van der Waals surface area contributed by atoms with E-state index in [0.29, 0.717) is 6.10 Å². The van der Waals surface area contributed by atoms with Crippen LogP contribution in [0.15, 0.2) is 24.5 Å². The minimum atomic E-state index is 0.347. The summed E-state index contributed by atoms with van der Waals surface area (Å²) in [6, 6.07) is 3.90. The number of likely N-dealkylation sites (tertiary alicyclic amines) is 1. The van der Waals surface area contributed by atoms with Crippen molar-refractivity contribution in [3.8, 4) is 5.75 Å². The highest BCUT2D eigenvalue weighted by Gasteiger charge is 2.24. The molecule has 3 heterocycles. The molecule has 19 heavy (non-hydrogen) atoms. The summed E-state index contributed by atoms with van der Waals surface area (Å²) in [6.45, 7) is 5.37. The summed E-state index contributed by atoms with van der Waals surface area (Å²) in [4.78, 5) is 6.64. The van der Waals surface area contributed by atoms with Gasteiger partial charge in [0.15, 0.2) is 0 Å². The highest BCUT2D eigenvalue weighted by Crippen LogP contribution is 2.20. The summed E-state index contributed by atoms with van der Waals surface area (Å²) in [5.74, 6) is 1.64. The Morgan fingerprint density at radius 2 is 2.21 bits per heavy atom. The minimum absolute atomic E-state index is 0.347. The van der Waals surface area contributed by atoms with E-state index in [4.69, 9.17) is 9.47 Å². The fraction of sp³-hybridized carbons (Fsp3) is 0.667. The van der Waals surface area contributed by atoms with E-state index in [2.05, 4.69) is 9.88 Å². The first-order chi connectivity index (χ1) is 9.40. The van der Waals surface area contributed by atoms with Crippen LogP contribution in [0.4, 0.5) is 0 Å². The van der Waals surface area contributed by atoms with Gasteiger partial charge in [-0.2, -0.15) is 0 Å². The highest BCUT2D eigenvalue weighted by molar-refractivity contribution is 5.15. The Kier molecular flexibility index (Phi) is 4.30. The third kappa shape index (κ3) is 3.67. The number of hydrogen-bond donors (Lipinski definition) is 0. The second kappa shape index (κ2) is 6.35. The molecule has 1 aromatic rings. The summed E-state index contributed by atoms with van der Waals surface area (Å²) < 4.78 is 11.4. The molecule has 2 fully saturated rings. The molecular formula is C15H22N2O2. The molecule has 0 amide bonds. The van der Waals surface area contributed by atoms with E-state index in [9.17, 15) is 0 Å². The number of aromatic nitrogens is 1. The second-order valence-electron chi connectivity index (χ2n) is 5.54. The van der Waals surface area contributed by atoms with Gasteiger partial charge in [-0.05, 0) is 37.3 Å². The van der Waals surface area contributed by atoms with Gasteiger partial charge in [-0.3, -0.25) is 4.98 Å². The molecule has 4 nitrogen and oxygen atoms in total. The predicted octanol–water partition coefficient (Wildman–Crippen LogP) is 1.96. The van der Waals surface area contributed by atoms with Crippen molar-refractivity contribution in [1.29, 1.82) is 0 Å². The molecule has 2 aliphatic heterocycles. The molecule has 0 aliphatic carbocycles. The standard InChI is InChI=1S/C15H22N2O2/c1-2-15(10-16-6-1)19-14-3-7-17(8-4-14)11-13-5-9-18-12-13/h1-2,6,10,13-14H,3-5,7-9,11-12H2/t13-/m0/s1. The average molecular weight is 262 g/mol. The maximum atomic E-state index is 5.96. The van der Waals surface area contributed by atoms with Crippen LogP contribution in [0, 0.1) is 5.92 Å². The normalized spacial score (nSPS) is 25.6. The van der Waals surface area contributed by atoms with E-state index in [1.54, 1.807) is 12.4 Å². The summed E-state index contributed by atoms with van der Waals surface area (Å²) >= 11 is 0. The van der Waals surface area contributed by atoms with Crippen LogP contribution >= 0.6 is 0 Å². The Labute approximate surface area is 114 Å². The van der Waals surface area contributed by atoms with E-state index < -0.39 is 0 Å². The van der Waals surface area contributed by atoms with Crippen molar-refractivity contribution in [1.82, 2.24) is 9.88 Å². The van der Waals surface area contributed by atoms with E-state index in [1.165, 1.54) is 13.0 Å². The number of rotatable bonds is 4. The third-order valence-corrected chi connectivity index (χ3v) is 4.01. The maximum absolute atomic E-state index is 5.96. The Morgan fingerprint density at radius 1 is 1.32 bits per heavy atom. The third-order valence-electron chi connectivity index (χ3n) is 4.01. The van der Waals surface area contributed by atoms with Gasteiger partial charge >= 0.3 is 0 Å². The molecule has 1 aromatic heterocycles. The van der Waals surface area contributed by atoms with Gasteiger partial charge in [-0.1, -0.05) is 0 Å². The molecule has 0 aromatic carbocycles. The smallest absolute Gasteiger partial charge is 0.137 e. The molecule has 0 N–H and O–H groups in total. The molecule has 104 valence electrons. The first-order valence-corrected chi connectivity index (χ1v) is 7.27. The number of piperidine rings is 1. The molecule has 0 unspecified atom stereocenters. The number of pyridine rings is 1. The molecule has 0 spiro atoms. The SMILES string of the molecule is c1cncc(OC2CCN(C[C@@H]3CCOC3)CC2)c1. The molecule has 3 rings (SSSR count). The molecule has 0 radical (unpaired) electrons. The number of hydrogen-bond acceptors (Lipinski definition) is 4.